The van der Waals surface area contributed by atoms with Crippen LogP contribution in [0, 0.1) is 0 Å². The Balaban J connectivity index is 1.78. The van der Waals surface area contributed by atoms with E-state index < -0.39 is 0 Å². The van der Waals surface area contributed by atoms with Gasteiger partial charge in [-0.25, -0.2) is 4.68 Å². The summed E-state index contributed by atoms with van der Waals surface area (Å²) in [6.07, 6.45) is 3.86. The molecule has 1 N–H and O–H groups in total. The van der Waals surface area contributed by atoms with Gasteiger partial charge in [0, 0.05) is 13.2 Å². The monoisotopic (exact) mass is 314 g/mol. The number of benzene rings is 1. The quantitative estimate of drug-likeness (QED) is 0.887. The van der Waals surface area contributed by atoms with Gasteiger partial charge in [0.2, 0.25) is 0 Å². The van der Waals surface area contributed by atoms with E-state index in [1.165, 1.54) is 0 Å². The van der Waals surface area contributed by atoms with Crippen molar-refractivity contribution in [3.63, 3.8) is 0 Å². The van der Waals surface area contributed by atoms with Gasteiger partial charge in [0.15, 0.2) is 5.69 Å². The molecule has 1 aromatic heterocycles. The third-order valence-corrected chi connectivity index (χ3v) is 3.98. The molecule has 1 aromatic carbocycles. The molecule has 1 saturated heterocycles. The second kappa shape index (κ2) is 7.37. The summed E-state index contributed by atoms with van der Waals surface area (Å²) in [5, 5.41) is 11.2. The van der Waals surface area contributed by atoms with Gasteiger partial charge in [0.25, 0.3) is 5.91 Å². The first-order valence-corrected chi connectivity index (χ1v) is 8.19. The third kappa shape index (κ3) is 3.59. The number of hydrogen-bond donors (Lipinski definition) is 1. The molecule has 2 heterocycles. The van der Waals surface area contributed by atoms with Gasteiger partial charge < -0.3 is 10.1 Å². The van der Waals surface area contributed by atoms with Crippen LogP contribution in [0.2, 0.25) is 0 Å². The Bertz CT molecular complexity index is 648. The van der Waals surface area contributed by atoms with Crippen LogP contribution in [0.1, 0.15) is 42.4 Å². The smallest absolute Gasteiger partial charge is 0.273 e. The van der Waals surface area contributed by atoms with Gasteiger partial charge in [0.1, 0.15) is 0 Å². The fourth-order valence-electron chi connectivity index (χ4n) is 2.81. The Hall–Kier alpha value is -2.21. The molecule has 0 saturated carbocycles. The molecule has 23 heavy (non-hydrogen) atoms. The molecule has 6 nitrogen and oxygen atoms in total. The average Bonchev–Trinajstić information content (AvgIpc) is 3.23. The number of nitrogens with zero attached hydrogens (tertiary/aromatic N) is 3. The number of amides is 1. The topological polar surface area (TPSA) is 69.0 Å². The summed E-state index contributed by atoms with van der Waals surface area (Å²) in [6, 6.07) is 9.77. The molecule has 0 aliphatic carbocycles. The lowest BCUT2D eigenvalue weighted by Crippen LogP contribution is -2.32. The highest BCUT2D eigenvalue weighted by atomic mass is 16.5. The highest BCUT2D eigenvalue weighted by molar-refractivity contribution is 5.93. The van der Waals surface area contributed by atoms with E-state index in [1.807, 2.05) is 30.3 Å². The molecular formula is C17H22N4O2. The van der Waals surface area contributed by atoms with Gasteiger partial charge in [-0.3, -0.25) is 4.79 Å². The van der Waals surface area contributed by atoms with Gasteiger partial charge in [0.05, 0.1) is 17.5 Å². The summed E-state index contributed by atoms with van der Waals surface area (Å²) in [5.74, 6) is -0.175. The Morgan fingerprint density at radius 1 is 1.39 bits per heavy atom. The van der Waals surface area contributed by atoms with Crippen LogP contribution >= 0.6 is 0 Å². The molecule has 2 aromatic rings. The minimum atomic E-state index is -0.175. The fraction of sp³-hybridized carbons (Fsp3) is 0.471. The van der Waals surface area contributed by atoms with Crippen molar-refractivity contribution in [2.75, 3.05) is 13.2 Å². The van der Waals surface area contributed by atoms with Crippen molar-refractivity contribution in [1.29, 1.82) is 0 Å². The van der Waals surface area contributed by atoms with Crippen LogP contribution < -0.4 is 5.32 Å². The predicted molar refractivity (Wildman–Crippen MR) is 86.7 cm³/mol. The zero-order valence-corrected chi connectivity index (χ0v) is 13.4. The summed E-state index contributed by atoms with van der Waals surface area (Å²) >= 11 is 0. The SMILES string of the molecule is CCCc1c(C(=O)NCC2CCCO2)nnn1-c1ccccc1. The van der Waals surface area contributed by atoms with E-state index in [-0.39, 0.29) is 12.0 Å². The van der Waals surface area contributed by atoms with Crippen molar-refractivity contribution >= 4 is 5.91 Å². The number of carbonyl (C=O) groups is 1. The number of nitrogens with one attached hydrogen (secondary N) is 1. The number of rotatable bonds is 6. The Morgan fingerprint density at radius 3 is 2.91 bits per heavy atom. The first-order valence-electron chi connectivity index (χ1n) is 8.19. The number of carbonyl (C=O) groups excluding carboxylic acids is 1. The van der Waals surface area contributed by atoms with Gasteiger partial charge >= 0.3 is 0 Å². The third-order valence-electron chi connectivity index (χ3n) is 3.98. The average molecular weight is 314 g/mol. The van der Waals surface area contributed by atoms with Gasteiger partial charge in [-0.1, -0.05) is 36.8 Å². The summed E-state index contributed by atoms with van der Waals surface area (Å²) in [4.78, 5) is 12.5. The number of para-hydroxylation sites is 1. The molecule has 1 unspecified atom stereocenters. The summed E-state index contributed by atoms with van der Waals surface area (Å²) in [7, 11) is 0. The largest absolute Gasteiger partial charge is 0.376 e. The molecule has 122 valence electrons. The zero-order chi connectivity index (χ0) is 16.1. The lowest BCUT2D eigenvalue weighted by molar-refractivity contribution is 0.0853. The Labute approximate surface area is 135 Å². The zero-order valence-electron chi connectivity index (χ0n) is 13.4. The van der Waals surface area contributed by atoms with Crippen molar-refractivity contribution in [1.82, 2.24) is 20.3 Å². The van der Waals surface area contributed by atoms with E-state index in [2.05, 4.69) is 22.6 Å². The normalized spacial score (nSPS) is 17.3. The molecule has 1 amide bonds. The fourth-order valence-corrected chi connectivity index (χ4v) is 2.81. The number of ether oxygens (including phenoxy) is 1. The van der Waals surface area contributed by atoms with E-state index in [1.54, 1.807) is 4.68 Å². The minimum absolute atomic E-state index is 0.123. The lowest BCUT2D eigenvalue weighted by Gasteiger charge is -2.11. The first kappa shape index (κ1) is 15.7. The van der Waals surface area contributed by atoms with Crippen LogP contribution in [0.15, 0.2) is 30.3 Å². The maximum absolute atomic E-state index is 12.5. The Kier molecular flexibility index (Phi) is 5.02. The molecule has 1 aliphatic heterocycles. The van der Waals surface area contributed by atoms with Gasteiger partial charge in [-0.15, -0.1) is 5.10 Å². The Morgan fingerprint density at radius 2 is 2.22 bits per heavy atom. The van der Waals surface area contributed by atoms with Gasteiger partial charge in [-0.2, -0.15) is 0 Å². The van der Waals surface area contributed by atoms with Crippen molar-refractivity contribution in [3.05, 3.63) is 41.7 Å². The molecular weight excluding hydrogens is 292 g/mol. The highest BCUT2D eigenvalue weighted by Gasteiger charge is 2.22. The summed E-state index contributed by atoms with van der Waals surface area (Å²) < 4.78 is 7.29. The maximum Gasteiger partial charge on any atom is 0.273 e. The number of aromatic nitrogens is 3. The molecule has 1 aliphatic rings. The van der Waals surface area contributed by atoms with Crippen LogP contribution in [-0.4, -0.2) is 40.2 Å². The van der Waals surface area contributed by atoms with E-state index >= 15 is 0 Å². The van der Waals surface area contributed by atoms with Crippen molar-refractivity contribution in [2.24, 2.45) is 0 Å². The second-order valence-electron chi connectivity index (χ2n) is 5.73. The molecule has 1 fully saturated rings. The predicted octanol–water partition coefficient (Wildman–Crippen LogP) is 2.13. The maximum atomic E-state index is 12.5. The molecule has 0 spiro atoms. The van der Waals surface area contributed by atoms with E-state index in [0.29, 0.717) is 12.2 Å². The van der Waals surface area contributed by atoms with Crippen LogP contribution in [0.25, 0.3) is 5.69 Å². The van der Waals surface area contributed by atoms with Crippen molar-refractivity contribution < 1.29 is 9.53 Å². The second-order valence-corrected chi connectivity index (χ2v) is 5.73. The molecule has 3 rings (SSSR count). The van der Waals surface area contributed by atoms with Crippen LogP contribution in [-0.2, 0) is 11.2 Å². The van der Waals surface area contributed by atoms with Crippen LogP contribution in [0.5, 0.6) is 0 Å². The van der Waals surface area contributed by atoms with E-state index in [4.69, 9.17) is 4.74 Å². The molecule has 6 heteroatoms. The van der Waals surface area contributed by atoms with Crippen LogP contribution in [0.4, 0.5) is 0 Å². The summed E-state index contributed by atoms with van der Waals surface area (Å²) in [5.41, 5.74) is 2.18. The molecule has 1 atom stereocenters. The standard InChI is InChI=1S/C17H22N4O2/c1-2-7-15-16(17(22)18-12-14-10-6-11-23-14)19-20-21(15)13-8-4-3-5-9-13/h3-5,8-9,14H,2,6-7,10-12H2,1H3,(H,18,22). The summed E-state index contributed by atoms with van der Waals surface area (Å²) in [6.45, 7) is 3.39. The number of hydrogen-bond acceptors (Lipinski definition) is 4. The van der Waals surface area contributed by atoms with Gasteiger partial charge in [-0.05, 0) is 31.4 Å². The van der Waals surface area contributed by atoms with Crippen molar-refractivity contribution in [3.8, 4) is 5.69 Å². The molecule has 0 bridgehead atoms. The molecule has 0 radical (unpaired) electrons. The van der Waals surface area contributed by atoms with E-state index in [0.717, 1.165) is 43.7 Å². The van der Waals surface area contributed by atoms with E-state index in [9.17, 15) is 4.79 Å². The first-order chi connectivity index (χ1) is 11.3. The van der Waals surface area contributed by atoms with Crippen LogP contribution in [0.3, 0.4) is 0 Å². The van der Waals surface area contributed by atoms with Crippen molar-refractivity contribution in [2.45, 2.75) is 38.7 Å². The lowest BCUT2D eigenvalue weighted by atomic mass is 10.2. The minimum Gasteiger partial charge on any atom is -0.376 e. The highest BCUT2D eigenvalue weighted by Crippen LogP contribution is 2.15.